The Bertz CT molecular complexity index is 1450. The van der Waals surface area contributed by atoms with Crippen molar-refractivity contribution in [2.75, 3.05) is 0 Å². The van der Waals surface area contributed by atoms with Crippen LogP contribution in [0.15, 0.2) is 57.7 Å². The summed E-state index contributed by atoms with van der Waals surface area (Å²) in [6.07, 6.45) is 1.64. The normalized spacial score (nSPS) is 11.0. The van der Waals surface area contributed by atoms with Crippen LogP contribution in [0.25, 0.3) is 11.0 Å². The summed E-state index contributed by atoms with van der Waals surface area (Å²) in [5.74, 6) is -0.284. The summed E-state index contributed by atoms with van der Waals surface area (Å²) in [7, 11) is 0. The van der Waals surface area contributed by atoms with E-state index in [-0.39, 0.29) is 11.4 Å². The zero-order chi connectivity index (χ0) is 24.4. The number of esters is 1. The molecule has 0 aliphatic carbocycles. The monoisotopic (exact) mass is 461 g/mol. The van der Waals surface area contributed by atoms with Gasteiger partial charge in [-0.1, -0.05) is 25.5 Å². The van der Waals surface area contributed by atoms with Crippen molar-refractivity contribution in [2.45, 2.75) is 40.2 Å². The summed E-state index contributed by atoms with van der Waals surface area (Å²) < 4.78 is 12.3. The van der Waals surface area contributed by atoms with Gasteiger partial charge in [-0.2, -0.15) is 5.10 Å². The number of aromatic nitrogens is 2. The van der Waals surface area contributed by atoms with Crippen molar-refractivity contribution < 1.29 is 18.9 Å². The highest BCUT2D eigenvalue weighted by atomic mass is 16.6. The molecule has 9 nitrogen and oxygen atoms in total. The van der Waals surface area contributed by atoms with Crippen LogP contribution in [0.3, 0.4) is 0 Å². The zero-order valence-electron chi connectivity index (χ0n) is 19.0. The maximum atomic E-state index is 12.6. The van der Waals surface area contributed by atoms with Crippen LogP contribution in [0.2, 0.25) is 0 Å². The quantitative estimate of drug-likeness (QED) is 0.128. The van der Waals surface area contributed by atoms with E-state index in [1.165, 1.54) is 12.1 Å². The molecular weight excluding hydrogens is 438 g/mol. The molecule has 2 aromatic heterocycles. The molecule has 0 unspecified atom stereocenters. The number of nitro groups is 1. The Morgan fingerprint density at radius 2 is 1.88 bits per heavy atom. The van der Waals surface area contributed by atoms with Gasteiger partial charge in [0.2, 0.25) is 0 Å². The topological polar surface area (TPSA) is 117 Å². The Hall–Kier alpha value is -4.27. The van der Waals surface area contributed by atoms with Crippen LogP contribution in [0.5, 0.6) is 5.75 Å². The van der Waals surface area contributed by atoms with Crippen LogP contribution in [-0.2, 0) is 13.0 Å². The number of benzene rings is 2. The first-order valence-electron chi connectivity index (χ1n) is 10.8. The number of carbonyl (C=O) groups excluding carboxylic acids is 1. The molecule has 0 amide bonds. The maximum Gasteiger partial charge on any atom is 0.343 e. The van der Waals surface area contributed by atoms with E-state index in [1.807, 2.05) is 6.92 Å². The van der Waals surface area contributed by atoms with E-state index < -0.39 is 16.5 Å². The summed E-state index contributed by atoms with van der Waals surface area (Å²) >= 11 is 0. The van der Waals surface area contributed by atoms with Crippen molar-refractivity contribution in [2.24, 2.45) is 0 Å². The Balaban J connectivity index is 1.50. The molecule has 0 aliphatic rings. The third kappa shape index (κ3) is 4.59. The Morgan fingerprint density at radius 3 is 2.53 bits per heavy atom. The molecule has 0 N–H and O–H groups in total. The van der Waals surface area contributed by atoms with E-state index in [4.69, 9.17) is 9.15 Å². The molecule has 9 heteroatoms. The van der Waals surface area contributed by atoms with Crippen molar-refractivity contribution in [3.05, 3.63) is 97.1 Å². The summed E-state index contributed by atoms with van der Waals surface area (Å²) in [5, 5.41) is 16.2. The van der Waals surface area contributed by atoms with Gasteiger partial charge in [0.05, 0.1) is 17.0 Å². The van der Waals surface area contributed by atoms with Gasteiger partial charge in [-0.05, 0) is 55.7 Å². The van der Waals surface area contributed by atoms with E-state index in [2.05, 4.69) is 5.10 Å². The largest absolute Gasteiger partial charge is 0.423 e. The number of aryl methyl sites for hydroxylation is 2. The Kier molecular flexibility index (Phi) is 6.27. The molecular formula is C25H23N3O6. The molecule has 0 radical (unpaired) electrons. The lowest BCUT2D eigenvalue weighted by atomic mass is 10.1. The lowest BCUT2D eigenvalue weighted by molar-refractivity contribution is -0.386. The van der Waals surface area contributed by atoms with Gasteiger partial charge in [0.15, 0.2) is 0 Å². The summed E-state index contributed by atoms with van der Waals surface area (Å²) in [6.45, 7) is 5.62. The molecule has 174 valence electrons. The average molecular weight is 461 g/mol. The van der Waals surface area contributed by atoms with Gasteiger partial charge < -0.3 is 9.15 Å². The lowest BCUT2D eigenvalue weighted by Crippen LogP contribution is -2.09. The Morgan fingerprint density at radius 1 is 1.15 bits per heavy atom. The molecule has 0 spiro atoms. The smallest absolute Gasteiger partial charge is 0.343 e. The fraction of sp³-hybridized carbons (Fsp3) is 0.240. The molecule has 34 heavy (non-hydrogen) atoms. The van der Waals surface area contributed by atoms with Crippen LogP contribution in [0.1, 0.15) is 46.2 Å². The number of hydrogen-bond donors (Lipinski definition) is 0. The highest BCUT2D eigenvalue weighted by Crippen LogP contribution is 2.25. The summed E-state index contributed by atoms with van der Waals surface area (Å²) in [5.41, 5.74) is 2.83. The third-order valence-corrected chi connectivity index (χ3v) is 5.58. The van der Waals surface area contributed by atoms with Crippen LogP contribution in [-0.4, -0.2) is 20.7 Å². The van der Waals surface area contributed by atoms with E-state index in [0.717, 1.165) is 29.4 Å². The van der Waals surface area contributed by atoms with Gasteiger partial charge >= 0.3 is 17.3 Å². The molecule has 2 aromatic carbocycles. The molecule has 0 saturated carbocycles. The van der Waals surface area contributed by atoms with Gasteiger partial charge in [-0.25, -0.2) is 9.59 Å². The van der Waals surface area contributed by atoms with Crippen LogP contribution >= 0.6 is 0 Å². The number of nitrogens with zero attached hydrogens (tertiary/aromatic N) is 3. The highest BCUT2D eigenvalue weighted by molar-refractivity contribution is 5.91. The lowest BCUT2D eigenvalue weighted by Gasteiger charge is -2.08. The number of rotatable bonds is 7. The van der Waals surface area contributed by atoms with Crippen LogP contribution < -0.4 is 10.4 Å². The third-order valence-electron chi connectivity index (χ3n) is 5.58. The summed E-state index contributed by atoms with van der Waals surface area (Å²) in [4.78, 5) is 35.2. The maximum absolute atomic E-state index is 12.6. The first kappa shape index (κ1) is 22.9. The molecule has 0 saturated heterocycles. The van der Waals surface area contributed by atoms with Crippen LogP contribution in [0, 0.1) is 24.0 Å². The van der Waals surface area contributed by atoms with Crippen molar-refractivity contribution in [1.82, 2.24) is 9.78 Å². The fourth-order valence-electron chi connectivity index (χ4n) is 3.94. The molecule has 4 rings (SSSR count). The number of hydrogen-bond acceptors (Lipinski definition) is 7. The predicted molar refractivity (Wildman–Crippen MR) is 125 cm³/mol. The number of carbonyl (C=O) groups is 1. The highest BCUT2D eigenvalue weighted by Gasteiger charge is 2.21. The van der Waals surface area contributed by atoms with Gasteiger partial charge in [-0.3, -0.25) is 14.8 Å². The summed E-state index contributed by atoms with van der Waals surface area (Å²) in [6, 6.07) is 13.2. The van der Waals surface area contributed by atoms with Crippen molar-refractivity contribution in [3.63, 3.8) is 0 Å². The first-order valence-corrected chi connectivity index (χ1v) is 10.8. The van der Waals surface area contributed by atoms with E-state index in [1.54, 1.807) is 54.9 Å². The van der Waals surface area contributed by atoms with Crippen LogP contribution in [0.4, 0.5) is 5.69 Å². The zero-order valence-corrected chi connectivity index (χ0v) is 19.0. The second-order valence-corrected chi connectivity index (χ2v) is 8.02. The minimum absolute atomic E-state index is 0.00762. The SMILES string of the molecule is CCCc1cc(=O)oc2cc(OC(=O)c3ccc(Cn4nc(C)c([N+](=O)[O-])c4C)cc3)ccc12. The number of ether oxygens (including phenoxy) is 1. The van der Waals surface area contributed by atoms with Gasteiger partial charge in [0, 0.05) is 17.5 Å². The molecule has 0 aliphatic heterocycles. The van der Waals surface area contributed by atoms with E-state index in [0.29, 0.717) is 29.1 Å². The Labute approximate surface area is 194 Å². The van der Waals surface area contributed by atoms with Crippen molar-refractivity contribution in [1.29, 1.82) is 0 Å². The van der Waals surface area contributed by atoms with Crippen molar-refractivity contribution in [3.8, 4) is 5.75 Å². The number of fused-ring (bicyclic) bond motifs is 1. The molecule has 2 heterocycles. The molecule has 0 bridgehead atoms. The fourth-order valence-corrected chi connectivity index (χ4v) is 3.94. The van der Waals surface area contributed by atoms with E-state index >= 15 is 0 Å². The van der Waals surface area contributed by atoms with Gasteiger partial charge in [0.1, 0.15) is 22.7 Å². The van der Waals surface area contributed by atoms with Crippen molar-refractivity contribution >= 4 is 22.6 Å². The van der Waals surface area contributed by atoms with Gasteiger partial charge in [-0.15, -0.1) is 0 Å². The minimum atomic E-state index is -0.556. The first-order chi connectivity index (χ1) is 16.3. The molecule has 0 fully saturated rings. The second kappa shape index (κ2) is 9.30. The molecule has 0 atom stereocenters. The predicted octanol–water partition coefficient (Wildman–Crippen LogP) is 4.73. The standard InChI is InChI=1S/C25H23N3O6/c1-4-5-19-12-23(29)34-22-13-20(10-11-21(19)22)33-25(30)18-8-6-17(7-9-18)14-27-16(3)24(28(31)32)15(2)26-27/h6-13H,4-5,14H2,1-3H3. The minimum Gasteiger partial charge on any atom is -0.423 e. The average Bonchev–Trinajstić information content (AvgIpc) is 3.06. The van der Waals surface area contributed by atoms with E-state index in [9.17, 15) is 19.7 Å². The van der Waals surface area contributed by atoms with Gasteiger partial charge in [0.25, 0.3) is 0 Å². The second-order valence-electron chi connectivity index (χ2n) is 8.02. The molecule has 4 aromatic rings.